The zero-order valence-electron chi connectivity index (χ0n) is 38.2. The Balaban J connectivity index is 1.18. The van der Waals surface area contributed by atoms with Gasteiger partial charge >= 0.3 is 5.97 Å². The van der Waals surface area contributed by atoms with Crippen molar-refractivity contribution in [3.05, 3.63) is 59.3 Å². The minimum atomic E-state index is -1.84. The Bertz CT molecular complexity index is 1730. The molecule has 0 aromatic rings. The first-order chi connectivity index (χ1) is 29.5. The van der Waals surface area contributed by atoms with E-state index < -0.39 is 90.8 Å². The zero-order valence-corrected chi connectivity index (χ0v) is 38.2. The second kappa shape index (κ2) is 19.7. The van der Waals surface area contributed by atoms with Crippen molar-refractivity contribution in [2.24, 2.45) is 23.7 Å². The van der Waals surface area contributed by atoms with Gasteiger partial charge in [0.05, 0.1) is 49.3 Å². The molecule has 0 aromatic heterocycles. The first-order valence-corrected chi connectivity index (χ1v) is 22.9. The number of hydrogen-bond acceptors (Lipinski definition) is 14. The van der Waals surface area contributed by atoms with Crippen molar-refractivity contribution >= 4 is 5.97 Å². The predicted octanol–water partition coefficient (Wildman–Crippen LogP) is 5.38. The number of ether oxygens (including phenoxy) is 10. The monoisotopic (exact) mass is 872 g/mol. The minimum Gasteiger partial charge on any atom is -0.462 e. The highest BCUT2D eigenvalue weighted by atomic mass is 16.7. The molecule has 0 amide bonds. The van der Waals surface area contributed by atoms with Gasteiger partial charge in [-0.1, -0.05) is 70.6 Å². The van der Waals surface area contributed by atoms with Gasteiger partial charge in [0.2, 0.25) is 0 Å². The summed E-state index contributed by atoms with van der Waals surface area (Å²) in [6, 6.07) is 0. The number of allylic oxidation sites excluding steroid dienone is 2. The molecule has 348 valence electrons. The SMILES string of the molecule is CCC(C)[C@H]1OC2(C=C[C@@H]1C)C[C@@H]1C[C@@H](C/C=C(\C)[C@@H](O[C@H]3C[C@H](OC)[C@@H](O[C@H]4C[C@H](OC)[C@@H](O)[C@H](C)O4)[C@H](C)O3)[C@@H](C)/C=C/C=C3\CO[C@@H]4[C@H](O)C(C)=C[C@@H](C(=O)O1)[C@]34O)O2. The Hall–Kier alpha value is -2.31. The first kappa shape index (κ1) is 47.6. The zero-order chi connectivity index (χ0) is 44.7. The van der Waals surface area contributed by atoms with Crippen molar-refractivity contribution < 1.29 is 67.5 Å². The maximum Gasteiger partial charge on any atom is 0.316 e. The Kier molecular flexibility index (Phi) is 15.1. The summed E-state index contributed by atoms with van der Waals surface area (Å²) in [7, 11) is 3.22. The molecule has 6 heterocycles. The summed E-state index contributed by atoms with van der Waals surface area (Å²) >= 11 is 0. The summed E-state index contributed by atoms with van der Waals surface area (Å²) in [5.74, 6) is -2.56. The standard InChI is InChI=1S/C48H72O14/c1-11-25(2)43-28(5)17-18-47(62-43)23-34-20-33(61-47)16-15-27(4)42(26(3)13-12-14-32-24-55-45-40(49)29(6)19-35(46(51)58-34)48(32,45)52)59-39-22-37(54-10)44(31(8)57-39)60-38-21-36(53-9)41(50)30(7)56-38/h12-15,17-19,25-26,28,30-31,33-45,49-50,52H,11,16,20-24H2,1-10H3/b13-12+,27-15+,32-14+/t25?,26-,28-,30-,31-,33+,34-,35-,36-,37-,38-,39-,40+,41-,42-,43+,44-,45+,47?,48+/m0/s1. The quantitative estimate of drug-likeness (QED) is 0.210. The van der Waals surface area contributed by atoms with E-state index in [0.717, 1.165) is 12.0 Å². The molecule has 20 atom stereocenters. The molecule has 4 saturated heterocycles. The van der Waals surface area contributed by atoms with Gasteiger partial charge in [-0.2, -0.15) is 0 Å². The maximum absolute atomic E-state index is 14.3. The molecular formula is C48H72O14. The molecule has 0 aromatic carbocycles. The summed E-state index contributed by atoms with van der Waals surface area (Å²) in [4.78, 5) is 14.3. The highest BCUT2D eigenvalue weighted by Crippen LogP contribution is 2.47. The van der Waals surface area contributed by atoms with Crippen molar-refractivity contribution in [2.45, 2.75) is 191 Å². The lowest BCUT2D eigenvalue weighted by Crippen LogP contribution is -2.58. The molecule has 6 aliphatic heterocycles. The molecule has 0 radical (unpaired) electrons. The third-order valence-electron chi connectivity index (χ3n) is 14.5. The number of carbonyl (C=O) groups excluding carboxylic acids is 1. The molecule has 4 fully saturated rings. The highest BCUT2D eigenvalue weighted by Gasteiger charge is 2.60. The Morgan fingerprint density at radius 1 is 0.887 bits per heavy atom. The largest absolute Gasteiger partial charge is 0.462 e. The summed E-state index contributed by atoms with van der Waals surface area (Å²) in [5.41, 5.74) is 0.134. The highest BCUT2D eigenvalue weighted by molar-refractivity contribution is 5.78. The van der Waals surface area contributed by atoms with E-state index in [1.165, 1.54) is 0 Å². The molecular weight excluding hydrogens is 801 g/mol. The molecule has 62 heavy (non-hydrogen) atoms. The van der Waals surface area contributed by atoms with Crippen LogP contribution in [0.3, 0.4) is 0 Å². The third kappa shape index (κ3) is 9.64. The Morgan fingerprint density at radius 3 is 2.32 bits per heavy atom. The Morgan fingerprint density at radius 2 is 1.60 bits per heavy atom. The normalized spacial score (nSPS) is 49.1. The molecule has 7 aliphatic rings. The van der Waals surface area contributed by atoms with Gasteiger partial charge < -0.3 is 62.7 Å². The number of rotatable bonds is 8. The number of carbonyl (C=O) groups is 1. The lowest BCUT2D eigenvalue weighted by molar-refractivity contribution is -0.318. The molecule has 0 saturated carbocycles. The van der Waals surface area contributed by atoms with Crippen molar-refractivity contribution in [3.63, 3.8) is 0 Å². The number of hydrogen-bond donors (Lipinski definition) is 3. The molecule has 7 rings (SSSR count). The number of aliphatic hydroxyl groups is 3. The van der Waals surface area contributed by atoms with Gasteiger partial charge in [-0.25, -0.2) is 0 Å². The van der Waals surface area contributed by atoms with Gasteiger partial charge in [0.15, 0.2) is 18.4 Å². The molecule has 14 nitrogen and oxygen atoms in total. The van der Waals surface area contributed by atoms with Crippen LogP contribution in [0.2, 0.25) is 0 Å². The van der Waals surface area contributed by atoms with E-state index in [9.17, 15) is 20.1 Å². The lowest BCUT2D eigenvalue weighted by Gasteiger charge is -2.48. The van der Waals surface area contributed by atoms with Crippen LogP contribution < -0.4 is 0 Å². The fraction of sp³-hybridized carbons (Fsp3) is 0.771. The lowest BCUT2D eigenvalue weighted by atomic mass is 9.71. The van der Waals surface area contributed by atoms with Crippen molar-refractivity contribution in [1.82, 2.24) is 0 Å². The molecule has 1 aliphatic carbocycles. The van der Waals surface area contributed by atoms with Crippen LogP contribution in [-0.2, 0) is 52.2 Å². The van der Waals surface area contributed by atoms with Crippen LogP contribution >= 0.6 is 0 Å². The van der Waals surface area contributed by atoms with Gasteiger partial charge in [0, 0.05) is 51.7 Å². The second-order valence-electron chi connectivity index (χ2n) is 19.0. The van der Waals surface area contributed by atoms with Gasteiger partial charge in [-0.3, -0.25) is 4.79 Å². The first-order valence-electron chi connectivity index (χ1n) is 22.9. The number of esters is 1. The van der Waals surface area contributed by atoms with E-state index in [4.69, 9.17) is 47.4 Å². The topological polar surface area (TPSA) is 170 Å². The van der Waals surface area contributed by atoms with Crippen molar-refractivity contribution in [2.75, 3.05) is 20.8 Å². The number of aliphatic hydroxyl groups excluding tert-OH is 2. The predicted molar refractivity (Wildman–Crippen MR) is 227 cm³/mol. The average Bonchev–Trinajstić information content (AvgIpc) is 3.58. The number of methoxy groups -OCH3 is 2. The van der Waals surface area contributed by atoms with E-state index >= 15 is 0 Å². The fourth-order valence-electron chi connectivity index (χ4n) is 10.6. The van der Waals surface area contributed by atoms with E-state index in [-0.39, 0.29) is 42.7 Å². The molecule has 2 bridgehead atoms. The summed E-state index contributed by atoms with van der Waals surface area (Å²) in [6.07, 6.45) is 8.55. The van der Waals surface area contributed by atoms with E-state index in [0.29, 0.717) is 43.3 Å². The smallest absolute Gasteiger partial charge is 0.316 e. The second-order valence-corrected chi connectivity index (χ2v) is 19.0. The van der Waals surface area contributed by atoms with Crippen LogP contribution in [0.1, 0.15) is 93.9 Å². The van der Waals surface area contributed by atoms with Crippen LogP contribution in [0.15, 0.2) is 59.3 Å². The molecule has 14 heteroatoms. The van der Waals surface area contributed by atoms with E-state index in [1.54, 1.807) is 40.2 Å². The van der Waals surface area contributed by atoms with Crippen LogP contribution in [0.25, 0.3) is 0 Å². The van der Waals surface area contributed by atoms with Crippen LogP contribution in [0.5, 0.6) is 0 Å². The fourth-order valence-corrected chi connectivity index (χ4v) is 10.6. The summed E-state index contributed by atoms with van der Waals surface area (Å²) in [6.45, 7) is 16.1. The third-order valence-corrected chi connectivity index (χ3v) is 14.5. The molecule has 3 N–H and O–H groups in total. The van der Waals surface area contributed by atoms with Crippen LogP contribution in [0.4, 0.5) is 0 Å². The minimum absolute atomic E-state index is 0.0317. The van der Waals surface area contributed by atoms with Gasteiger partial charge in [-0.05, 0) is 62.8 Å². The maximum atomic E-state index is 14.3. The van der Waals surface area contributed by atoms with Crippen LogP contribution in [-0.4, -0.2) is 139 Å². The van der Waals surface area contributed by atoms with Gasteiger partial charge in [0.25, 0.3) is 0 Å². The van der Waals surface area contributed by atoms with Gasteiger partial charge in [0.1, 0.15) is 42.0 Å². The van der Waals surface area contributed by atoms with Gasteiger partial charge in [-0.15, -0.1) is 0 Å². The molecule has 1 spiro atoms. The van der Waals surface area contributed by atoms with E-state index in [1.807, 2.05) is 32.1 Å². The Labute approximate surface area is 367 Å². The van der Waals surface area contributed by atoms with Crippen molar-refractivity contribution in [1.29, 1.82) is 0 Å². The average molecular weight is 873 g/mol. The summed E-state index contributed by atoms with van der Waals surface area (Å²) in [5, 5.41) is 34.2. The van der Waals surface area contributed by atoms with E-state index in [2.05, 4.69) is 39.8 Å². The molecule has 2 unspecified atom stereocenters. The van der Waals surface area contributed by atoms with Crippen molar-refractivity contribution in [3.8, 4) is 0 Å². The van der Waals surface area contributed by atoms with Crippen LogP contribution in [0, 0.1) is 23.7 Å². The summed E-state index contributed by atoms with van der Waals surface area (Å²) < 4.78 is 63.7. The number of fused-ring (bicyclic) bond motifs is 2.